The minimum atomic E-state index is -4.52. The van der Waals surface area contributed by atoms with Crippen LogP contribution >= 0.6 is 0 Å². The highest BCUT2D eigenvalue weighted by molar-refractivity contribution is 5.99. The van der Waals surface area contributed by atoms with Crippen LogP contribution in [-0.4, -0.2) is 41.0 Å². The van der Waals surface area contributed by atoms with Crippen LogP contribution in [0.25, 0.3) is 0 Å². The zero-order chi connectivity index (χ0) is 17.8. The van der Waals surface area contributed by atoms with E-state index in [4.69, 9.17) is 0 Å². The van der Waals surface area contributed by atoms with E-state index >= 15 is 0 Å². The molecule has 0 bridgehead atoms. The van der Waals surface area contributed by atoms with E-state index in [1.807, 2.05) is 0 Å². The number of hydrogen-bond donors (Lipinski definition) is 0. The minimum absolute atomic E-state index is 0.0222. The van der Waals surface area contributed by atoms with Gasteiger partial charge in [-0.2, -0.15) is 13.2 Å². The average molecular weight is 344 g/mol. The molecule has 1 unspecified atom stereocenters. The van der Waals surface area contributed by atoms with E-state index < -0.39 is 17.9 Å². The van der Waals surface area contributed by atoms with E-state index in [0.717, 1.165) is 6.07 Å². The maximum absolute atomic E-state index is 13.5. The highest BCUT2D eigenvalue weighted by Crippen LogP contribution is 2.40. The van der Waals surface area contributed by atoms with Gasteiger partial charge in [-0.25, -0.2) is 4.39 Å². The van der Waals surface area contributed by atoms with Gasteiger partial charge >= 0.3 is 6.18 Å². The van der Waals surface area contributed by atoms with E-state index in [1.165, 1.54) is 4.90 Å². The minimum Gasteiger partial charge on any atom is -0.332 e. The van der Waals surface area contributed by atoms with Crippen molar-refractivity contribution in [2.24, 2.45) is 0 Å². The number of carbonyl (C=O) groups excluding carboxylic acids is 1. The first-order valence-corrected chi connectivity index (χ1v) is 8.02. The Morgan fingerprint density at radius 2 is 1.79 bits per heavy atom. The smallest absolute Gasteiger partial charge is 0.332 e. The number of alkyl halides is 4. The molecule has 3 rings (SSSR count). The number of fused-ring (bicyclic) bond motifs is 1. The molecule has 0 aromatic heterocycles. The highest BCUT2D eigenvalue weighted by atomic mass is 19.4. The number of hydrogen-bond acceptors (Lipinski definition) is 2. The molecule has 0 saturated carbocycles. The lowest BCUT2D eigenvalue weighted by molar-refractivity contribution is -0.138. The molecule has 2 aliphatic rings. The first kappa shape index (κ1) is 17.2. The Morgan fingerprint density at radius 1 is 1.17 bits per heavy atom. The predicted octanol–water partition coefficient (Wildman–Crippen LogP) is 3.78. The van der Waals surface area contributed by atoms with Crippen molar-refractivity contribution >= 4 is 5.91 Å². The molecule has 2 aliphatic heterocycles. The molecule has 1 amide bonds. The van der Waals surface area contributed by atoms with Gasteiger partial charge in [0.05, 0.1) is 5.56 Å². The fraction of sp³-hybridized carbons (Fsp3) is 0.588. The molecule has 0 spiro atoms. The Kier molecular flexibility index (Phi) is 4.10. The largest absolute Gasteiger partial charge is 0.416 e. The quantitative estimate of drug-likeness (QED) is 0.779. The summed E-state index contributed by atoms with van der Waals surface area (Å²) in [6, 6.07) is 2.14. The van der Waals surface area contributed by atoms with Crippen LogP contribution < -0.4 is 0 Å². The fourth-order valence-electron chi connectivity index (χ4n) is 3.35. The molecule has 0 aliphatic carbocycles. The summed E-state index contributed by atoms with van der Waals surface area (Å²) in [5.74, 6) is -0.369. The Labute approximate surface area is 138 Å². The number of halogens is 4. The van der Waals surface area contributed by atoms with Crippen LogP contribution in [-0.2, 0) is 12.7 Å². The fourth-order valence-corrected chi connectivity index (χ4v) is 3.35. The number of nitrogens with zero attached hydrogens (tertiary/aromatic N) is 2. The maximum atomic E-state index is 13.5. The Balaban J connectivity index is 2.04. The lowest BCUT2D eigenvalue weighted by Crippen LogP contribution is -2.49. The molecular weight excluding hydrogens is 324 g/mol. The Hall–Kier alpha value is -1.63. The van der Waals surface area contributed by atoms with Crippen molar-refractivity contribution in [1.82, 2.24) is 9.80 Å². The normalized spacial score (nSPS) is 20.5. The standard InChI is InChI=1S/C17H20F4N2O/c1-9(2)23-8-14-13(16(23)24)4-11(5-15(14)17(19,20)21)10(3)22-6-12(18)7-22/h4-5,9-10,12H,6-8H2,1-3H3. The van der Waals surface area contributed by atoms with E-state index in [1.54, 1.807) is 31.7 Å². The molecule has 3 nitrogen and oxygen atoms in total. The molecule has 24 heavy (non-hydrogen) atoms. The van der Waals surface area contributed by atoms with Crippen LogP contribution in [0, 0.1) is 0 Å². The summed E-state index contributed by atoms with van der Waals surface area (Å²) in [6.45, 7) is 5.71. The molecule has 0 radical (unpaired) electrons. The summed E-state index contributed by atoms with van der Waals surface area (Å²) in [5.41, 5.74) is -0.176. The lowest BCUT2D eigenvalue weighted by Gasteiger charge is -2.39. The van der Waals surface area contributed by atoms with E-state index in [2.05, 4.69) is 0 Å². The summed E-state index contributed by atoms with van der Waals surface area (Å²) in [7, 11) is 0. The van der Waals surface area contributed by atoms with Crippen LogP contribution in [0.5, 0.6) is 0 Å². The monoisotopic (exact) mass is 344 g/mol. The molecular formula is C17H20F4N2O. The molecule has 132 valence electrons. The summed E-state index contributed by atoms with van der Waals surface area (Å²) in [5, 5.41) is 0. The second-order valence-electron chi connectivity index (χ2n) is 6.85. The van der Waals surface area contributed by atoms with Gasteiger partial charge in [-0.15, -0.1) is 0 Å². The molecule has 2 heterocycles. The second kappa shape index (κ2) is 5.72. The van der Waals surface area contributed by atoms with Gasteiger partial charge in [0.2, 0.25) is 0 Å². The molecule has 1 fully saturated rings. The molecule has 1 atom stereocenters. The summed E-state index contributed by atoms with van der Waals surface area (Å²) in [6.07, 6.45) is -5.45. The Bertz CT molecular complexity index is 665. The van der Waals surface area contributed by atoms with Gasteiger partial charge in [0, 0.05) is 37.3 Å². The van der Waals surface area contributed by atoms with Crippen molar-refractivity contribution in [2.75, 3.05) is 13.1 Å². The molecule has 0 N–H and O–H groups in total. The molecule has 1 aromatic carbocycles. The third kappa shape index (κ3) is 2.79. The van der Waals surface area contributed by atoms with Crippen LogP contribution in [0.1, 0.15) is 53.9 Å². The first-order valence-electron chi connectivity index (χ1n) is 8.02. The van der Waals surface area contributed by atoms with Gasteiger partial charge in [-0.05, 0) is 44.0 Å². The molecule has 1 saturated heterocycles. The van der Waals surface area contributed by atoms with Gasteiger partial charge in [-0.3, -0.25) is 9.69 Å². The van der Waals surface area contributed by atoms with Crippen molar-refractivity contribution in [3.05, 3.63) is 34.4 Å². The highest BCUT2D eigenvalue weighted by Gasteiger charge is 2.41. The van der Waals surface area contributed by atoms with Crippen LogP contribution in [0.2, 0.25) is 0 Å². The van der Waals surface area contributed by atoms with Gasteiger partial charge < -0.3 is 4.90 Å². The zero-order valence-electron chi connectivity index (χ0n) is 13.8. The number of benzene rings is 1. The van der Waals surface area contributed by atoms with Crippen molar-refractivity contribution < 1.29 is 22.4 Å². The van der Waals surface area contributed by atoms with Crippen LogP contribution in [0.15, 0.2) is 12.1 Å². The maximum Gasteiger partial charge on any atom is 0.416 e. The Morgan fingerprint density at radius 3 is 2.29 bits per heavy atom. The molecule has 7 heteroatoms. The second-order valence-corrected chi connectivity index (χ2v) is 6.85. The van der Waals surface area contributed by atoms with Gasteiger partial charge in [0.25, 0.3) is 5.91 Å². The number of likely N-dealkylation sites (tertiary alicyclic amines) is 1. The van der Waals surface area contributed by atoms with Crippen molar-refractivity contribution in [1.29, 1.82) is 0 Å². The third-order valence-electron chi connectivity index (χ3n) is 4.92. The zero-order valence-corrected chi connectivity index (χ0v) is 13.8. The van der Waals surface area contributed by atoms with Gasteiger partial charge in [0.15, 0.2) is 0 Å². The lowest BCUT2D eigenvalue weighted by atomic mass is 9.94. The summed E-state index contributed by atoms with van der Waals surface area (Å²) in [4.78, 5) is 15.7. The average Bonchev–Trinajstić information content (AvgIpc) is 2.79. The SMILES string of the molecule is CC(c1cc2c(c(C(F)(F)F)c1)CN(C(C)C)C2=O)N1CC(F)C1. The van der Waals surface area contributed by atoms with Crippen molar-refractivity contribution in [3.63, 3.8) is 0 Å². The van der Waals surface area contributed by atoms with Crippen molar-refractivity contribution in [2.45, 2.75) is 51.7 Å². The number of carbonyl (C=O) groups is 1. The van der Waals surface area contributed by atoms with Gasteiger partial charge in [0.1, 0.15) is 6.17 Å². The van der Waals surface area contributed by atoms with Crippen LogP contribution in [0.3, 0.4) is 0 Å². The van der Waals surface area contributed by atoms with Gasteiger partial charge in [-0.1, -0.05) is 0 Å². The molecule has 1 aromatic rings. The van der Waals surface area contributed by atoms with E-state index in [0.29, 0.717) is 5.56 Å². The third-order valence-corrected chi connectivity index (χ3v) is 4.92. The first-order chi connectivity index (χ1) is 11.1. The number of amides is 1. The van der Waals surface area contributed by atoms with E-state index in [-0.39, 0.29) is 48.8 Å². The predicted molar refractivity (Wildman–Crippen MR) is 81.3 cm³/mol. The number of rotatable bonds is 3. The van der Waals surface area contributed by atoms with Crippen LogP contribution in [0.4, 0.5) is 17.6 Å². The van der Waals surface area contributed by atoms with E-state index in [9.17, 15) is 22.4 Å². The van der Waals surface area contributed by atoms with Crippen molar-refractivity contribution in [3.8, 4) is 0 Å². The topological polar surface area (TPSA) is 23.6 Å². The summed E-state index contributed by atoms with van der Waals surface area (Å²) >= 11 is 0. The summed E-state index contributed by atoms with van der Waals surface area (Å²) < 4.78 is 53.5.